The first kappa shape index (κ1) is 14.3. The molecule has 1 heterocycles. The summed E-state index contributed by atoms with van der Waals surface area (Å²) in [6, 6.07) is 9.96. The lowest BCUT2D eigenvalue weighted by Crippen LogP contribution is -1.94. The van der Waals surface area contributed by atoms with Gasteiger partial charge in [0.2, 0.25) is 0 Å². The minimum atomic E-state index is 0.429. The number of nitrogens with zero attached hydrogens (tertiary/aromatic N) is 2. The standard InChI is InChI=1S/C17H14Cl2N2/c1-9-6-13-15(14(18)7-9)20-17(21-16(13)19)12-5-4-10(2)11(3)8-12/h4-8H,1-3H3. The van der Waals surface area contributed by atoms with Crippen molar-refractivity contribution in [3.8, 4) is 11.4 Å². The maximum absolute atomic E-state index is 6.32. The summed E-state index contributed by atoms with van der Waals surface area (Å²) >= 11 is 12.6. The van der Waals surface area contributed by atoms with Gasteiger partial charge in [0.05, 0.1) is 10.5 Å². The monoisotopic (exact) mass is 316 g/mol. The maximum Gasteiger partial charge on any atom is 0.161 e. The Kier molecular flexibility index (Phi) is 3.60. The second kappa shape index (κ2) is 5.28. The van der Waals surface area contributed by atoms with Crippen molar-refractivity contribution in [2.24, 2.45) is 0 Å². The average Bonchev–Trinajstić information content (AvgIpc) is 2.43. The van der Waals surface area contributed by atoms with E-state index in [0.717, 1.165) is 16.5 Å². The van der Waals surface area contributed by atoms with Gasteiger partial charge in [0.25, 0.3) is 0 Å². The van der Waals surface area contributed by atoms with Gasteiger partial charge in [-0.2, -0.15) is 0 Å². The fourth-order valence-electron chi connectivity index (χ4n) is 2.30. The third kappa shape index (κ3) is 2.61. The highest BCUT2D eigenvalue weighted by Crippen LogP contribution is 2.30. The molecule has 0 amide bonds. The molecule has 0 saturated heterocycles. The highest BCUT2D eigenvalue weighted by Gasteiger charge is 2.11. The van der Waals surface area contributed by atoms with E-state index in [1.807, 2.05) is 25.1 Å². The van der Waals surface area contributed by atoms with Crippen molar-refractivity contribution < 1.29 is 0 Å². The van der Waals surface area contributed by atoms with Gasteiger partial charge in [0.15, 0.2) is 5.82 Å². The van der Waals surface area contributed by atoms with Crippen LogP contribution in [0.1, 0.15) is 16.7 Å². The molecule has 0 bridgehead atoms. The van der Waals surface area contributed by atoms with Crippen molar-refractivity contribution in [2.75, 3.05) is 0 Å². The fourth-order valence-corrected chi connectivity index (χ4v) is 2.84. The lowest BCUT2D eigenvalue weighted by molar-refractivity contribution is 1.21. The summed E-state index contributed by atoms with van der Waals surface area (Å²) in [4.78, 5) is 9.01. The van der Waals surface area contributed by atoms with Crippen molar-refractivity contribution in [1.29, 1.82) is 0 Å². The Bertz CT molecular complexity index is 857. The largest absolute Gasteiger partial charge is 0.226 e. The molecule has 106 valence electrons. The van der Waals surface area contributed by atoms with Crippen LogP contribution in [0.3, 0.4) is 0 Å². The number of rotatable bonds is 1. The summed E-state index contributed by atoms with van der Waals surface area (Å²) in [5.74, 6) is 0.598. The van der Waals surface area contributed by atoms with E-state index in [9.17, 15) is 0 Å². The van der Waals surface area contributed by atoms with Gasteiger partial charge in [0.1, 0.15) is 5.15 Å². The van der Waals surface area contributed by atoms with Gasteiger partial charge in [-0.1, -0.05) is 35.3 Å². The van der Waals surface area contributed by atoms with Gasteiger partial charge >= 0.3 is 0 Å². The zero-order valence-corrected chi connectivity index (χ0v) is 13.5. The van der Waals surface area contributed by atoms with E-state index in [1.165, 1.54) is 11.1 Å². The van der Waals surface area contributed by atoms with Gasteiger partial charge in [-0.25, -0.2) is 9.97 Å². The molecule has 4 heteroatoms. The first-order valence-corrected chi connectivity index (χ1v) is 7.42. The Hall–Kier alpha value is -1.64. The number of benzene rings is 2. The second-order valence-corrected chi connectivity index (χ2v) is 6.05. The molecule has 1 aromatic heterocycles. The zero-order valence-electron chi connectivity index (χ0n) is 12.0. The van der Waals surface area contributed by atoms with Crippen LogP contribution in [-0.2, 0) is 0 Å². The lowest BCUT2D eigenvalue weighted by Gasteiger charge is -2.08. The topological polar surface area (TPSA) is 25.8 Å². The second-order valence-electron chi connectivity index (χ2n) is 5.28. The highest BCUT2D eigenvalue weighted by molar-refractivity contribution is 6.38. The van der Waals surface area contributed by atoms with Crippen LogP contribution >= 0.6 is 23.2 Å². The van der Waals surface area contributed by atoms with Crippen LogP contribution in [0.2, 0.25) is 10.2 Å². The van der Waals surface area contributed by atoms with Crippen LogP contribution in [0.15, 0.2) is 30.3 Å². The number of halogens is 2. The Morgan fingerprint density at radius 2 is 1.62 bits per heavy atom. The molecule has 0 aliphatic carbocycles. The van der Waals surface area contributed by atoms with E-state index < -0.39 is 0 Å². The van der Waals surface area contributed by atoms with E-state index in [2.05, 4.69) is 35.9 Å². The molecule has 0 saturated carbocycles. The smallest absolute Gasteiger partial charge is 0.161 e. The van der Waals surface area contributed by atoms with E-state index >= 15 is 0 Å². The van der Waals surface area contributed by atoms with Crippen LogP contribution in [-0.4, -0.2) is 9.97 Å². The number of aromatic nitrogens is 2. The summed E-state index contributed by atoms with van der Waals surface area (Å²) in [6.45, 7) is 6.11. The van der Waals surface area contributed by atoms with Gasteiger partial charge < -0.3 is 0 Å². The first-order chi connectivity index (χ1) is 9.95. The highest BCUT2D eigenvalue weighted by atomic mass is 35.5. The normalized spacial score (nSPS) is 11.1. The molecule has 21 heavy (non-hydrogen) atoms. The lowest BCUT2D eigenvalue weighted by atomic mass is 10.1. The third-order valence-electron chi connectivity index (χ3n) is 3.62. The molecule has 0 unspecified atom stereocenters. The van der Waals surface area contributed by atoms with Crippen molar-refractivity contribution >= 4 is 34.1 Å². The SMILES string of the molecule is Cc1cc(Cl)c2nc(-c3ccc(C)c(C)c3)nc(Cl)c2c1. The van der Waals surface area contributed by atoms with Crippen LogP contribution in [0.5, 0.6) is 0 Å². The van der Waals surface area contributed by atoms with E-state index in [1.54, 1.807) is 0 Å². The Morgan fingerprint density at radius 3 is 2.33 bits per heavy atom. The summed E-state index contributed by atoms with van der Waals surface area (Å²) < 4.78 is 0. The predicted molar refractivity (Wildman–Crippen MR) is 89.2 cm³/mol. The molecule has 0 aliphatic heterocycles. The average molecular weight is 317 g/mol. The molecular weight excluding hydrogens is 303 g/mol. The van der Waals surface area contributed by atoms with Gasteiger partial charge in [0, 0.05) is 10.9 Å². The molecule has 0 spiro atoms. The van der Waals surface area contributed by atoms with Crippen molar-refractivity contribution in [3.63, 3.8) is 0 Å². The van der Waals surface area contributed by atoms with Crippen LogP contribution in [0.4, 0.5) is 0 Å². The summed E-state index contributed by atoms with van der Waals surface area (Å²) in [6.07, 6.45) is 0. The van der Waals surface area contributed by atoms with Crippen molar-refractivity contribution in [3.05, 3.63) is 57.2 Å². The van der Waals surface area contributed by atoms with Crippen LogP contribution in [0.25, 0.3) is 22.3 Å². The molecule has 2 aromatic carbocycles. The van der Waals surface area contributed by atoms with E-state index in [0.29, 0.717) is 21.5 Å². The number of hydrogen-bond acceptors (Lipinski definition) is 2. The predicted octanol–water partition coefficient (Wildman–Crippen LogP) is 5.53. The van der Waals surface area contributed by atoms with Gasteiger partial charge in [-0.3, -0.25) is 0 Å². The molecule has 0 radical (unpaired) electrons. The third-order valence-corrected chi connectivity index (χ3v) is 4.19. The minimum Gasteiger partial charge on any atom is -0.226 e. The van der Waals surface area contributed by atoms with E-state index in [4.69, 9.17) is 23.2 Å². The zero-order chi connectivity index (χ0) is 15.1. The number of hydrogen-bond donors (Lipinski definition) is 0. The van der Waals surface area contributed by atoms with Crippen molar-refractivity contribution in [2.45, 2.75) is 20.8 Å². The van der Waals surface area contributed by atoms with Crippen LogP contribution in [0, 0.1) is 20.8 Å². The van der Waals surface area contributed by atoms with E-state index in [-0.39, 0.29) is 0 Å². The van der Waals surface area contributed by atoms with Gasteiger partial charge in [-0.05, 0) is 55.7 Å². The first-order valence-electron chi connectivity index (χ1n) is 6.67. The molecular formula is C17H14Cl2N2. The molecule has 3 aromatic rings. The summed E-state index contributed by atoms with van der Waals surface area (Å²) in [5, 5.41) is 1.81. The quantitative estimate of drug-likeness (QED) is 0.552. The van der Waals surface area contributed by atoms with Crippen LogP contribution < -0.4 is 0 Å². The summed E-state index contributed by atoms with van der Waals surface area (Å²) in [5.41, 5.74) is 5.10. The van der Waals surface area contributed by atoms with Crippen molar-refractivity contribution in [1.82, 2.24) is 9.97 Å². The number of aryl methyl sites for hydroxylation is 3. The number of fused-ring (bicyclic) bond motifs is 1. The molecule has 3 rings (SSSR count). The molecule has 0 fully saturated rings. The molecule has 0 N–H and O–H groups in total. The Labute approximate surface area is 133 Å². The molecule has 0 aliphatic rings. The molecule has 2 nitrogen and oxygen atoms in total. The maximum atomic E-state index is 6.32. The Morgan fingerprint density at radius 1 is 0.857 bits per heavy atom. The fraction of sp³-hybridized carbons (Fsp3) is 0.176. The molecule has 0 atom stereocenters. The summed E-state index contributed by atoms with van der Waals surface area (Å²) in [7, 11) is 0. The van der Waals surface area contributed by atoms with Gasteiger partial charge in [-0.15, -0.1) is 0 Å². The Balaban J connectivity index is 2.27. The minimum absolute atomic E-state index is 0.429.